The number of rotatable bonds is 12. The molecule has 3 N–H and O–H groups in total. The molecule has 1 atom stereocenters. The Bertz CT molecular complexity index is 971. The highest BCUT2D eigenvalue weighted by molar-refractivity contribution is 6.38. The van der Waals surface area contributed by atoms with E-state index in [1.165, 1.54) is 0 Å². The SMILES string of the molecule is CCCCC(NC(=O)C1(NC(=O)N2CCOCC2)CCCCC1)C(=O)C(=O)NCC(C)(C)Oc1ccccc1. The molecule has 1 aromatic carbocycles. The van der Waals surface area contributed by atoms with Crippen LogP contribution in [0.25, 0.3) is 0 Å². The Morgan fingerprint density at radius 3 is 2.36 bits per heavy atom. The van der Waals surface area contributed by atoms with Crippen LogP contribution < -0.4 is 20.7 Å². The van der Waals surface area contributed by atoms with Crippen molar-refractivity contribution in [1.29, 1.82) is 0 Å². The first-order valence-electron chi connectivity index (χ1n) is 14.2. The van der Waals surface area contributed by atoms with Crippen LogP contribution in [0, 0.1) is 0 Å². The molecule has 1 saturated heterocycles. The van der Waals surface area contributed by atoms with E-state index in [-0.39, 0.29) is 12.6 Å². The third-order valence-electron chi connectivity index (χ3n) is 7.29. The molecule has 216 valence electrons. The van der Waals surface area contributed by atoms with E-state index in [2.05, 4.69) is 16.0 Å². The van der Waals surface area contributed by atoms with Gasteiger partial charge in [0, 0.05) is 13.1 Å². The van der Waals surface area contributed by atoms with Crippen molar-refractivity contribution >= 4 is 23.6 Å². The third kappa shape index (κ3) is 8.95. The lowest BCUT2D eigenvalue weighted by Gasteiger charge is -2.39. The summed E-state index contributed by atoms with van der Waals surface area (Å²) in [7, 11) is 0. The fourth-order valence-corrected chi connectivity index (χ4v) is 4.97. The molecule has 10 nitrogen and oxygen atoms in total. The number of carbonyl (C=O) groups is 4. The number of amides is 4. The molecule has 0 bridgehead atoms. The largest absolute Gasteiger partial charge is 0.486 e. The van der Waals surface area contributed by atoms with Crippen molar-refractivity contribution in [2.24, 2.45) is 0 Å². The van der Waals surface area contributed by atoms with Crippen molar-refractivity contribution in [3.05, 3.63) is 30.3 Å². The zero-order chi connectivity index (χ0) is 28.3. The van der Waals surface area contributed by atoms with Crippen LogP contribution in [0.3, 0.4) is 0 Å². The highest BCUT2D eigenvalue weighted by Gasteiger charge is 2.43. The number of carbonyl (C=O) groups excluding carboxylic acids is 4. The molecule has 1 unspecified atom stereocenters. The first-order valence-corrected chi connectivity index (χ1v) is 14.2. The first-order chi connectivity index (χ1) is 18.7. The zero-order valence-corrected chi connectivity index (χ0v) is 23.6. The monoisotopic (exact) mass is 544 g/mol. The van der Waals surface area contributed by atoms with Gasteiger partial charge in [0.25, 0.3) is 5.91 Å². The van der Waals surface area contributed by atoms with Gasteiger partial charge in [-0.15, -0.1) is 0 Å². The van der Waals surface area contributed by atoms with Gasteiger partial charge in [0.15, 0.2) is 0 Å². The number of ether oxygens (including phenoxy) is 2. The molecule has 4 amide bonds. The average molecular weight is 545 g/mol. The van der Waals surface area contributed by atoms with Gasteiger partial charge in [0.05, 0.1) is 25.8 Å². The van der Waals surface area contributed by atoms with E-state index in [0.717, 1.165) is 25.7 Å². The van der Waals surface area contributed by atoms with Gasteiger partial charge in [0.1, 0.15) is 16.9 Å². The van der Waals surface area contributed by atoms with E-state index in [1.54, 1.807) is 4.90 Å². The molecule has 2 fully saturated rings. The normalized spacial score (nSPS) is 18.0. The summed E-state index contributed by atoms with van der Waals surface area (Å²) in [5, 5.41) is 8.52. The quantitative estimate of drug-likeness (QED) is 0.348. The van der Waals surface area contributed by atoms with Crippen LogP contribution in [0.1, 0.15) is 72.1 Å². The lowest BCUT2D eigenvalue weighted by molar-refractivity contribution is -0.141. The van der Waals surface area contributed by atoms with E-state index < -0.39 is 34.8 Å². The number of unbranched alkanes of at least 4 members (excludes halogenated alkanes) is 1. The number of hydrogen-bond acceptors (Lipinski definition) is 6. The maximum absolute atomic E-state index is 13.7. The topological polar surface area (TPSA) is 126 Å². The standard InChI is InChI=1S/C29H44N4O6/c1-4-5-14-23(24(34)25(35)30-21-28(2,3)39-22-12-8-6-9-13-22)31-26(36)29(15-10-7-11-16-29)32-27(37)33-17-19-38-20-18-33/h6,8-9,12-13,23H,4-5,7,10-11,14-21H2,1-3H3,(H,30,35)(H,31,36)(H,32,37). The minimum atomic E-state index is -1.11. The second kappa shape index (κ2) is 14.3. The predicted molar refractivity (Wildman–Crippen MR) is 147 cm³/mol. The maximum atomic E-state index is 13.7. The lowest BCUT2D eigenvalue weighted by Crippen LogP contribution is -2.64. The summed E-state index contributed by atoms with van der Waals surface area (Å²) in [5.41, 5.74) is -1.87. The van der Waals surface area contributed by atoms with Gasteiger partial charge in [0.2, 0.25) is 11.7 Å². The molecule has 1 aromatic rings. The maximum Gasteiger partial charge on any atom is 0.318 e. The van der Waals surface area contributed by atoms with Crippen molar-refractivity contribution in [2.75, 3.05) is 32.8 Å². The molecule has 0 spiro atoms. The molecule has 1 aliphatic carbocycles. The fraction of sp³-hybridized carbons (Fsp3) is 0.655. The zero-order valence-electron chi connectivity index (χ0n) is 23.6. The van der Waals surface area contributed by atoms with E-state index in [9.17, 15) is 19.2 Å². The van der Waals surface area contributed by atoms with E-state index in [0.29, 0.717) is 57.7 Å². The van der Waals surface area contributed by atoms with Crippen molar-refractivity contribution in [2.45, 2.75) is 89.3 Å². The van der Waals surface area contributed by atoms with E-state index >= 15 is 0 Å². The molecule has 1 aliphatic heterocycles. The first kappa shape index (κ1) is 30.4. The van der Waals surface area contributed by atoms with Gasteiger partial charge in [-0.05, 0) is 45.2 Å². The van der Waals surface area contributed by atoms with E-state index in [1.807, 2.05) is 51.1 Å². The number of benzene rings is 1. The lowest BCUT2D eigenvalue weighted by atomic mass is 9.80. The molecule has 1 saturated carbocycles. The number of Topliss-reactive ketones (excluding diaryl/α,β-unsaturated/α-hetero) is 1. The Labute approximate surface area is 231 Å². The fourth-order valence-electron chi connectivity index (χ4n) is 4.97. The highest BCUT2D eigenvalue weighted by atomic mass is 16.5. The number of ketones is 1. The number of morpholine rings is 1. The van der Waals surface area contributed by atoms with Crippen molar-refractivity contribution in [1.82, 2.24) is 20.9 Å². The molecule has 3 rings (SSSR count). The smallest absolute Gasteiger partial charge is 0.318 e. The number of urea groups is 1. The summed E-state index contributed by atoms with van der Waals surface area (Å²) in [6.45, 7) is 7.59. The van der Waals surface area contributed by atoms with Gasteiger partial charge in [-0.1, -0.05) is 57.2 Å². The molecule has 2 aliphatic rings. The van der Waals surface area contributed by atoms with Crippen LogP contribution in [0.15, 0.2) is 30.3 Å². The summed E-state index contributed by atoms with van der Waals surface area (Å²) in [5.74, 6) is -1.21. The van der Waals surface area contributed by atoms with Gasteiger partial charge >= 0.3 is 6.03 Å². The summed E-state index contributed by atoms with van der Waals surface area (Å²) < 4.78 is 11.3. The summed E-state index contributed by atoms with van der Waals surface area (Å²) in [6, 6.07) is 7.97. The molecule has 39 heavy (non-hydrogen) atoms. The number of hydrogen-bond donors (Lipinski definition) is 3. The van der Waals surface area contributed by atoms with Crippen molar-refractivity contribution < 1.29 is 28.7 Å². The Kier molecular flexibility index (Phi) is 11.2. The summed E-state index contributed by atoms with van der Waals surface area (Å²) in [4.78, 5) is 54.5. The van der Waals surface area contributed by atoms with Crippen LogP contribution in [0.2, 0.25) is 0 Å². The van der Waals surface area contributed by atoms with Gasteiger partial charge in [-0.2, -0.15) is 0 Å². The Hall–Kier alpha value is -3.14. The Morgan fingerprint density at radius 1 is 1.05 bits per heavy atom. The number of nitrogens with one attached hydrogen (secondary N) is 3. The van der Waals surface area contributed by atoms with Crippen molar-refractivity contribution in [3.63, 3.8) is 0 Å². The van der Waals surface area contributed by atoms with Crippen LogP contribution >= 0.6 is 0 Å². The predicted octanol–water partition coefficient (Wildman–Crippen LogP) is 2.95. The molecule has 0 radical (unpaired) electrons. The van der Waals surface area contributed by atoms with Crippen LogP contribution in [0.5, 0.6) is 5.75 Å². The van der Waals surface area contributed by atoms with Crippen LogP contribution in [0.4, 0.5) is 4.79 Å². The van der Waals surface area contributed by atoms with Gasteiger partial charge < -0.3 is 30.3 Å². The molecular formula is C29H44N4O6. The van der Waals surface area contributed by atoms with Gasteiger partial charge in [-0.3, -0.25) is 14.4 Å². The minimum Gasteiger partial charge on any atom is -0.486 e. The van der Waals surface area contributed by atoms with Crippen LogP contribution in [-0.4, -0.2) is 78.6 Å². The Balaban J connectivity index is 1.65. The highest BCUT2D eigenvalue weighted by Crippen LogP contribution is 2.29. The summed E-state index contributed by atoms with van der Waals surface area (Å²) in [6.07, 6.45) is 5.35. The van der Waals surface area contributed by atoms with Gasteiger partial charge in [-0.25, -0.2) is 4.79 Å². The Morgan fingerprint density at radius 2 is 1.72 bits per heavy atom. The van der Waals surface area contributed by atoms with Crippen LogP contribution in [-0.2, 0) is 19.1 Å². The second-order valence-electron chi connectivity index (χ2n) is 11.1. The third-order valence-corrected chi connectivity index (χ3v) is 7.29. The molecule has 10 heteroatoms. The molecule has 1 heterocycles. The molecular weight excluding hydrogens is 500 g/mol. The average Bonchev–Trinajstić information content (AvgIpc) is 2.94. The summed E-state index contributed by atoms with van der Waals surface area (Å²) >= 11 is 0. The number of para-hydroxylation sites is 1. The number of nitrogens with zero attached hydrogens (tertiary/aromatic N) is 1. The second-order valence-corrected chi connectivity index (χ2v) is 11.1. The minimum absolute atomic E-state index is 0.112. The van der Waals surface area contributed by atoms with E-state index in [4.69, 9.17) is 9.47 Å². The van der Waals surface area contributed by atoms with Crippen molar-refractivity contribution in [3.8, 4) is 5.75 Å². The molecule has 0 aromatic heterocycles.